The van der Waals surface area contributed by atoms with Gasteiger partial charge >= 0.3 is 5.97 Å². The predicted octanol–water partition coefficient (Wildman–Crippen LogP) is 1.85. The van der Waals surface area contributed by atoms with Crippen molar-refractivity contribution in [2.75, 3.05) is 7.11 Å². The SMILES string of the molecule is COc1cc(Br)c2c(c1)CC(C(=O)O)O2. The van der Waals surface area contributed by atoms with Gasteiger partial charge in [0.1, 0.15) is 11.5 Å². The molecule has 0 radical (unpaired) electrons. The Kier molecular flexibility index (Phi) is 2.56. The van der Waals surface area contributed by atoms with Crippen molar-refractivity contribution in [2.24, 2.45) is 0 Å². The third kappa shape index (κ3) is 1.79. The largest absolute Gasteiger partial charge is 0.497 e. The van der Waals surface area contributed by atoms with Crippen LogP contribution in [0.5, 0.6) is 11.5 Å². The van der Waals surface area contributed by atoms with Crippen molar-refractivity contribution in [1.82, 2.24) is 0 Å². The smallest absolute Gasteiger partial charge is 0.345 e. The quantitative estimate of drug-likeness (QED) is 0.893. The number of rotatable bonds is 2. The number of halogens is 1. The summed E-state index contributed by atoms with van der Waals surface area (Å²) in [6, 6.07) is 3.55. The van der Waals surface area contributed by atoms with Gasteiger partial charge in [0.15, 0.2) is 6.10 Å². The summed E-state index contributed by atoms with van der Waals surface area (Å²) in [5.41, 5.74) is 0.855. The number of hydrogen-bond acceptors (Lipinski definition) is 3. The Labute approximate surface area is 94.9 Å². The maximum Gasteiger partial charge on any atom is 0.345 e. The van der Waals surface area contributed by atoms with Gasteiger partial charge in [-0.1, -0.05) is 0 Å². The molecule has 0 saturated carbocycles. The van der Waals surface area contributed by atoms with E-state index in [4.69, 9.17) is 14.6 Å². The molecule has 0 saturated heterocycles. The van der Waals surface area contributed by atoms with Crippen LogP contribution in [-0.4, -0.2) is 24.3 Å². The average molecular weight is 273 g/mol. The van der Waals surface area contributed by atoms with Crippen LogP contribution >= 0.6 is 15.9 Å². The van der Waals surface area contributed by atoms with Crippen molar-refractivity contribution < 1.29 is 19.4 Å². The minimum Gasteiger partial charge on any atom is -0.497 e. The third-order valence-electron chi connectivity index (χ3n) is 2.27. The van der Waals surface area contributed by atoms with Crippen LogP contribution in [0, 0.1) is 0 Å². The van der Waals surface area contributed by atoms with Crippen LogP contribution in [-0.2, 0) is 11.2 Å². The minimum absolute atomic E-state index is 0.375. The van der Waals surface area contributed by atoms with Gasteiger partial charge in [0.05, 0.1) is 11.6 Å². The molecule has 0 fully saturated rings. The van der Waals surface area contributed by atoms with E-state index in [0.717, 1.165) is 10.0 Å². The fourth-order valence-corrected chi connectivity index (χ4v) is 2.12. The second-order valence-electron chi connectivity index (χ2n) is 3.25. The number of carboxylic acids is 1. The zero-order valence-corrected chi connectivity index (χ0v) is 9.58. The number of ether oxygens (including phenoxy) is 2. The maximum absolute atomic E-state index is 10.8. The van der Waals surface area contributed by atoms with Gasteiger partial charge in [0.2, 0.25) is 0 Å². The number of methoxy groups -OCH3 is 1. The highest BCUT2D eigenvalue weighted by atomic mass is 79.9. The van der Waals surface area contributed by atoms with Gasteiger partial charge < -0.3 is 14.6 Å². The zero-order chi connectivity index (χ0) is 11.0. The molecule has 0 spiro atoms. The monoisotopic (exact) mass is 272 g/mol. The Hall–Kier alpha value is -1.23. The summed E-state index contributed by atoms with van der Waals surface area (Å²) in [6.07, 6.45) is -0.413. The van der Waals surface area contributed by atoms with E-state index in [1.54, 1.807) is 19.2 Å². The molecule has 4 nitrogen and oxygen atoms in total. The summed E-state index contributed by atoms with van der Waals surface area (Å²) in [4.78, 5) is 10.8. The van der Waals surface area contributed by atoms with Gasteiger partial charge in [0, 0.05) is 12.0 Å². The van der Waals surface area contributed by atoms with E-state index in [9.17, 15) is 4.79 Å². The van der Waals surface area contributed by atoms with Crippen LogP contribution in [0.25, 0.3) is 0 Å². The third-order valence-corrected chi connectivity index (χ3v) is 2.86. The lowest BCUT2D eigenvalue weighted by atomic mass is 10.1. The zero-order valence-electron chi connectivity index (χ0n) is 7.99. The number of aliphatic carboxylic acids is 1. The molecular weight excluding hydrogens is 264 g/mol. The molecule has 0 aliphatic carbocycles. The second kappa shape index (κ2) is 3.73. The van der Waals surface area contributed by atoms with E-state index < -0.39 is 12.1 Å². The van der Waals surface area contributed by atoms with Crippen LogP contribution in [0.4, 0.5) is 0 Å². The summed E-state index contributed by atoms with van der Waals surface area (Å²) in [7, 11) is 1.57. The molecule has 1 N–H and O–H groups in total. The van der Waals surface area contributed by atoms with Gasteiger partial charge in [0.25, 0.3) is 0 Å². The van der Waals surface area contributed by atoms with E-state index >= 15 is 0 Å². The van der Waals surface area contributed by atoms with Crippen molar-refractivity contribution in [1.29, 1.82) is 0 Å². The van der Waals surface area contributed by atoms with Gasteiger partial charge in [-0.2, -0.15) is 0 Å². The van der Waals surface area contributed by atoms with Crippen LogP contribution in [0.2, 0.25) is 0 Å². The summed E-state index contributed by atoms with van der Waals surface area (Å²) >= 11 is 3.32. The number of hydrogen-bond donors (Lipinski definition) is 1. The van der Waals surface area contributed by atoms with Gasteiger partial charge in [-0.05, 0) is 28.1 Å². The lowest BCUT2D eigenvalue weighted by Crippen LogP contribution is -2.24. The molecule has 1 aromatic carbocycles. The van der Waals surface area contributed by atoms with E-state index in [1.165, 1.54) is 0 Å². The molecule has 2 rings (SSSR count). The summed E-state index contributed by atoms with van der Waals surface area (Å²) in [5, 5.41) is 8.83. The maximum atomic E-state index is 10.8. The van der Waals surface area contributed by atoms with Gasteiger partial charge in [-0.15, -0.1) is 0 Å². The number of fused-ring (bicyclic) bond motifs is 1. The molecule has 0 bridgehead atoms. The fourth-order valence-electron chi connectivity index (χ4n) is 1.55. The number of benzene rings is 1. The molecule has 1 heterocycles. The second-order valence-corrected chi connectivity index (χ2v) is 4.10. The van der Waals surface area contributed by atoms with Crippen molar-refractivity contribution in [3.63, 3.8) is 0 Å². The summed E-state index contributed by atoms with van der Waals surface area (Å²) in [6.45, 7) is 0. The van der Waals surface area contributed by atoms with E-state index in [2.05, 4.69) is 15.9 Å². The Morgan fingerprint density at radius 2 is 2.40 bits per heavy atom. The molecule has 1 aliphatic rings. The Balaban J connectivity index is 2.37. The van der Waals surface area contributed by atoms with E-state index in [-0.39, 0.29) is 0 Å². The first-order valence-electron chi connectivity index (χ1n) is 4.37. The Morgan fingerprint density at radius 1 is 1.67 bits per heavy atom. The standard InChI is InChI=1S/C10H9BrO4/c1-14-6-2-5-3-8(10(12)13)15-9(5)7(11)4-6/h2,4,8H,3H2,1H3,(H,12,13). The van der Waals surface area contributed by atoms with Crippen LogP contribution < -0.4 is 9.47 Å². The molecule has 1 unspecified atom stereocenters. The van der Waals surface area contributed by atoms with E-state index in [0.29, 0.717) is 17.9 Å². The average Bonchev–Trinajstić information content (AvgIpc) is 2.61. The molecule has 1 aliphatic heterocycles. The molecule has 1 atom stereocenters. The first-order valence-corrected chi connectivity index (χ1v) is 5.17. The van der Waals surface area contributed by atoms with Crippen molar-refractivity contribution in [3.8, 4) is 11.5 Å². The highest BCUT2D eigenvalue weighted by Crippen LogP contribution is 2.39. The molecule has 1 aromatic rings. The molecule has 5 heteroatoms. The van der Waals surface area contributed by atoms with Crippen LogP contribution in [0.1, 0.15) is 5.56 Å². The molecule has 0 amide bonds. The Bertz CT molecular complexity index is 416. The Morgan fingerprint density at radius 3 is 3.00 bits per heavy atom. The first-order chi connectivity index (χ1) is 7.11. The lowest BCUT2D eigenvalue weighted by molar-refractivity contribution is -0.144. The molecular formula is C10H9BrO4. The van der Waals surface area contributed by atoms with Gasteiger partial charge in [-0.25, -0.2) is 4.79 Å². The van der Waals surface area contributed by atoms with Gasteiger partial charge in [-0.3, -0.25) is 0 Å². The summed E-state index contributed by atoms with van der Waals surface area (Å²) < 4.78 is 11.1. The molecule has 15 heavy (non-hydrogen) atoms. The highest BCUT2D eigenvalue weighted by molar-refractivity contribution is 9.10. The predicted molar refractivity (Wildman–Crippen MR) is 56.4 cm³/mol. The topological polar surface area (TPSA) is 55.8 Å². The van der Waals surface area contributed by atoms with E-state index in [1.807, 2.05) is 0 Å². The van der Waals surface area contributed by atoms with Crippen LogP contribution in [0.3, 0.4) is 0 Å². The fraction of sp³-hybridized carbons (Fsp3) is 0.300. The first kappa shape index (κ1) is 10.3. The molecule has 0 aromatic heterocycles. The normalized spacial score (nSPS) is 18.1. The highest BCUT2D eigenvalue weighted by Gasteiger charge is 2.30. The number of carboxylic acid groups (broad SMARTS) is 1. The minimum atomic E-state index is -0.947. The summed E-state index contributed by atoms with van der Waals surface area (Å²) in [5.74, 6) is 0.343. The molecule has 80 valence electrons. The van der Waals surface area contributed by atoms with Crippen molar-refractivity contribution in [2.45, 2.75) is 12.5 Å². The lowest BCUT2D eigenvalue weighted by Gasteiger charge is -2.06. The van der Waals surface area contributed by atoms with Crippen molar-refractivity contribution >= 4 is 21.9 Å². The van der Waals surface area contributed by atoms with Crippen LogP contribution in [0.15, 0.2) is 16.6 Å². The number of carbonyl (C=O) groups is 1. The van der Waals surface area contributed by atoms with Crippen molar-refractivity contribution in [3.05, 3.63) is 22.2 Å².